The molecule has 0 aliphatic heterocycles. The summed E-state index contributed by atoms with van der Waals surface area (Å²) in [6.45, 7) is 3.96. The lowest BCUT2D eigenvalue weighted by atomic mass is 10.2. The van der Waals surface area contributed by atoms with Crippen molar-refractivity contribution < 1.29 is 9.60 Å². The van der Waals surface area contributed by atoms with E-state index in [1.165, 1.54) is 12.1 Å². The summed E-state index contributed by atoms with van der Waals surface area (Å²) in [4.78, 5) is 2.04. The maximum Gasteiger partial charge on any atom is 0.153 e. The summed E-state index contributed by atoms with van der Waals surface area (Å²) in [5.41, 5.74) is 6.49. The van der Waals surface area contributed by atoms with E-state index in [1.807, 2.05) is 4.90 Å². The Morgan fingerprint density at radius 3 is 2.59 bits per heavy atom. The molecule has 0 spiro atoms. The summed E-state index contributed by atoms with van der Waals surface area (Å²) in [5, 5.41) is 11.5. The molecule has 0 unspecified atom stereocenters. The molecule has 17 heavy (non-hydrogen) atoms. The standard InChI is InChI=1S/C12H18FN3O/c1-2-7-16(9-12(14)15-17)8-10-3-5-11(13)6-4-10/h3-6,17H,2,7-9H2,1H3,(H2,14,15). The van der Waals surface area contributed by atoms with Gasteiger partial charge in [0.1, 0.15) is 5.82 Å². The Morgan fingerprint density at radius 1 is 1.41 bits per heavy atom. The highest BCUT2D eigenvalue weighted by Crippen LogP contribution is 2.07. The monoisotopic (exact) mass is 239 g/mol. The number of benzene rings is 1. The van der Waals surface area contributed by atoms with Gasteiger partial charge in [0.2, 0.25) is 0 Å². The molecule has 0 aromatic heterocycles. The van der Waals surface area contributed by atoms with Gasteiger partial charge in [0.25, 0.3) is 0 Å². The van der Waals surface area contributed by atoms with E-state index in [2.05, 4.69) is 12.1 Å². The van der Waals surface area contributed by atoms with Gasteiger partial charge in [0, 0.05) is 6.54 Å². The van der Waals surface area contributed by atoms with Gasteiger partial charge in [-0.25, -0.2) is 4.39 Å². The molecule has 1 aromatic carbocycles. The zero-order chi connectivity index (χ0) is 12.7. The maximum atomic E-state index is 12.8. The first kappa shape index (κ1) is 13.4. The van der Waals surface area contributed by atoms with Crippen LogP contribution in [-0.4, -0.2) is 29.0 Å². The van der Waals surface area contributed by atoms with E-state index in [1.54, 1.807) is 12.1 Å². The van der Waals surface area contributed by atoms with Crippen molar-refractivity contribution in [1.29, 1.82) is 0 Å². The molecular formula is C12H18FN3O. The predicted molar refractivity (Wildman–Crippen MR) is 65.4 cm³/mol. The zero-order valence-corrected chi connectivity index (χ0v) is 9.93. The largest absolute Gasteiger partial charge is 0.409 e. The third kappa shape index (κ3) is 4.82. The number of halogens is 1. The molecule has 0 amide bonds. The second-order valence-electron chi connectivity index (χ2n) is 3.93. The van der Waals surface area contributed by atoms with Gasteiger partial charge in [0.05, 0.1) is 6.54 Å². The number of rotatable bonds is 6. The Labute approximate surface area is 101 Å². The highest BCUT2D eigenvalue weighted by molar-refractivity contribution is 5.81. The second-order valence-corrected chi connectivity index (χ2v) is 3.93. The lowest BCUT2D eigenvalue weighted by Gasteiger charge is -2.20. The minimum absolute atomic E-state index is 0.181. The molecule has 94 valence electrons. The molecule has 0 radical (unpaired) electrons. The van der Waals surface area contributed by atoms with Gasteiger partial charge in [-0.05, 0) is 30.7 Å². The van der Waals surface area contributed by atoms with E-state index >= 15 is 0 Å². The minimum Gasteiger partial charge on any atom is -0.409 e. The van der Waals surface area contributed by atoms with Gasteiger partial charge in [-0.1, -0.05) is 24.2 Å². The van der Waals surface area contributed by atoms with Crippen LogP contribution >= 0.6 is 0 Å². The Kier molecular flexibility index (Phi) is 5.42. The average Bonchev–Trinajstić information content (AvgIpc) is 2.32. The molecule has 5 heteroatoms. The molecule has 0 atom stereocenters. The molecule has 0 aliphatic rings. The molecule has 0 saturated carbocycles. The van der Waals surface area contributed by atoms with E-state index < -0.39 is 0 Å². The average molecular weight is 239 g/mol. The highest BCUT2D eigenvalue weighted by Gasteiger charge is 2.07. The van der Waals surface area contributed by atoms with Crippen molar-refractivity contribution in [2.75, 3.05) is 13.1 Å². The number of amidine groups is 1. The van der Waals surface area contributed by atoms with Crippen molar-refractivity contribution in [1.82, 2.24) is 4.90 Å². The van der Waals surface area contributed by atoms with Crippen molar-refractivity contribution in [2.45, 2.75) is 19.9 Å². The fourth-order valence-electron chi connectivity index (χ4n) is 1.64. The van der Waals surface area contributed by atoms with Gasteiger partial charge < -0.3 is 10.9 Å². The molecule has 0 aliphatic carbocycles. The minimum atomic E-state index is -0.243. The van der Waals surface area contributed by atoms with Crippen LogP contribution in [0, 0.1) is 5.82 Å². The Bertz CT molecular complexity index is 365. The van der Waals surface area contributed by atoms with E-state index in [9.17, 15) is 4.39 Å². The molecule has 1 aromatic rings. The van der Waals surface area contributed by atoms with Crippen LogP contribution in [0.15, 0.2) is 29.4 Å². The van der Waals surface area contributed by atoms with Crippen LogP contribution in [0.25, 0.3) is 0 Å². The van der Waals surface area contributed by atoms with Crippen molar-refractivity contribution in [3.63, 3.8) is 0 Å². The van der Waals surface area contributed by atoms with E-state index in [4.69, 9.17) is 10.9 Å². The summed E-state index contributed by atoms with van der Waals surface area (Å²) in [6, 6.07) is 6.35. The fourth-order valence-corrected chi connectivity index (χ4v) is 1.64. The second kappa shape index (κ2) is 6.85. The number of hydrogen-bond donors (Lipinski definition) is 2. The third-order valence-electron chi connectivity index (χ3n) is 2.37. The van der Waals surface area contributed by atoms with Crippen LogP contribution in [0.4, 0.5) is 4.39 Å². The number of nitrogens with zero attached hydrogens (tertiary/aromatic N) is 2. The smallest absolute Gasteiger partial charge is 0.153 e. The van der Waals surface area contributed by atoms with Gasteiger partial charge in [-0.2, -0.15) is 0 Å². The molecule has 1 rings (SSSR count). The van der Waals surface area contributed by atoms with E-state index in [0.717, 1.165) is 18.5 Å². The number of nitrogens with two attached hydrogens (primary N) is 1. The van der Waals surface area contributed by atoms with Crippen molar-refractivity contribution >= 4 is 5.84 Å². The van der Waals surface area contributed by atoms with Crippen LogP contribution in [-0.2, 0) is 6.54 Å². The SMILES string of the molecule is CCCN(CC(N)=NO)Cc1ccc(F)cc1. The molecular weight excluding hydrogens is 221 g/mol. The lowest BCUT2D eigenvalue weighted by molar-refractivity contribution is 0.286. The molecule has 0 heterocycles. The summed E-state index contributed by atoms with van der Waals surface area (Å²) in [5.74, 6) is -0.0622. The first-order valence-corrected chi connectivity index (χ1v) is 5.59. The van der Waals surface area contributed by atoms with Crippen molar-refractivity contribution in [2.24, 2.45) is 10.9 Å². The number of hydrogen-bond acceptors (Lipinski definition) is 3. The Balaban J connectivity index is 2.62. The molecule has 0 fully saturated rings. The van der Waals surface area contributed by atoms with Gasteiger partial charge in [-0.15, -0.1) is 0 Å². The summed E-state index contributed by atoms with van der Waals surface area (Å²) in [6.07, 6.45) is 0.972. The van der Waals surface area contributed by atoms with Crippen LogP contribution in [0.2, 0.25) is 0 Å². The summed E-state index contributed by atoms with van der Waals surface area (Å²) < 4.78 is 12.8. The van der Waals surface area contributed by atoms with Gasteiger partial charge in [-0.3, -0.25) is 4.90 Å². The van der Waals surface area contributed by atoms with E-state index in [-0.39, 0.29) is 11.7 Å². The zero-order valence-electron chi connectivity index (χ0n) is 9.93. The fraction of sp³-hybridized carbons (Fsp3) is 0.417. The van der Waals surface area contributed by atoms with Crippen LogP contribution in [0.5, 0.6) is 0 Å². The van der Waals surface area contributed by atoms with Gasteiger partial charge in [0.15, 0.2) is 5.84 Å². The van der Waals surface area contributed by atoms with Crippen LogP contribution < -0.4 is 5.73 Å². The topological polar surface area (TPSA) is 61.8 Å². The molecule has 0 saturated heterocycles. The maximum absolute atomic E-state index is 12.8. The third-order valence-corrected chi connectivity index (χ3v) is 2.37. The summed E-state index contributed by atoms with van der Waals surface area (Å²) >= 11 is 0. The molecule has 0 bridgehead atoms. The first-order chi connectivity index (χ1) is 8.15. The van der Waals surface area contributed by atoms with Crippen molar-refractivity contribution in [3.05, 3.63) is 35.6 Å². The quantitative estimate of drug-likeness (QED) is 0.344. The van der Waals surface area contributed by atoms with Gasteiger partial charge >= 0.3 is 0 Å². The first-order valence-electron chi connectivity index (χ1n) is 5.59. The Morgan fingerprint density at radius 2 is 2.06 bits per heavy atom. The normalized spacial score (nSPS) is 12.1. The summed E-state index contributed by atoms with van der Waals surface area (Å²) in [7, 11) is 0. The number of oxime groups is 1. The van der Waals surface area contributed by atoms with E-state index in [0.29, 0.717) is 13.1 Å². The molecule has 4 nitrogen and oxygen atoms in total. The van der Waals surface area contributed by atoms with Crippen LogP contribution in [0.3, 0.4) is 0 Å². The molecule has 3 N–H and O–H groups in total. The highest BCUT2D eigenvalue weighted by atomic mass is 19.1. The van der Waals surface area contributed by atoms with Crippen molar-refractivity contribution in [3.8, 4) is 0 Å². The predicted octanol–water partition coefficient (Wildman–Crippen LogP) is 1.78. The van der Waals surface area contributed by atoms with Crippen LogP contribution in [0.1, 0.15) is 18.9 Å². The Hall–Kier alpha value is -1.62. The lowest BCUT2D eigenvalue weighted by Crippen LogP contribution is -2.34.